The fourth-order valence-electron chi connectivity index (χ4n) is 1.83. The summed E-state index contributed by atoms with van der Waals surface area (Å²) >= 11 is 0. The van der Waals surface area contributed by atoms with Gasteiger partial charge in [-0.15, -0.1) is 0 Å². The molecule has 1 aliphatic rings. The molecule has 5 heteroatoms. The number of nitrogens with one attached hydrogen (secondary N) is 2. The molecule has 0 bridgehead atoms. The zero-order valence-corrected chi connectivity index (χ0v) is 8.70. The molecule has 0 saturated heterocycles. The molecule has 1 aromatic rings. The Morgan fingerprint density at radius 3 is 3.07 bits per heavy atom. The zero-order chi connectivity index (χ0) is 11.0. The van der Waals surface area contributed by atoms with Gasteiger partial charge in [0.25, 0.3) is 11.8 Å². The Kier molecular flexibility index (Phi) is 2.22. The third kappa shape index (κ3) is 1.49. The first-order chi connectivity index (χ1) is 7.13. The molecule has 0 aromatic carbocycles. The van der Waals surface area contributed by atoms with Crippen molar-refractivity contribution in [3.8, 4) is 0 Å². The summed E-state index contributed by atoms with van der Waals surface area (Å²) in [4.78, 5) is 23.2. The van der Waals surface area contributed by atoms with Gasteiger partial charge in [0.2, 0.25) is 0 Å². The molecule has 1 atom stereocenters. The Morgan fingerprint density at radius 2 is 2.40 bits per heavy atom. The molecule has 0 spiro atoms. The summed E-state index contributed by atoms with van der Waals surface area (Å²) in [5.74, 6) is -0.411. The molecule has 1 aliphatic heterocycles. The van der Waals surface area contributed by atoms with Crippen molar-refractivity contribution in [3.05, 3.63) is 23.5 Å². The van der Waals surface area contributed by atoms with Crippen LogP contribution < -0.4 is 10.6 Å². The van der Waals surface area contributed by atoms with Crippen molar-refractivity contribution in [2.24, 2.45) is 0 Å². The summed E-state index contributed by atoms with van der Waals surface area (Å²) in [5.41, 5.74) is 0.884. The Hall–Kier alpha value is -1.78. The lowest BCUT2D eigenvalue weighted by Crippen LogP contribution is -2.43. The summed E-state index contributed by atoms with van der Waals surface area (Å²) in [7, 11) is 1.55. The molecule has 1 unspecified atom stereocenters. The average molecular weight is 207 g/mol. The number of carbonyl (C=O) groups excluding carboxylic acids is 2. The van der Waals surface area contributed by atoms with Gasteiger partial charge in [-0.25, -0.2) is 0 Å². The normalized spacial score (nSPS) is 19.3. The van der Waals surface area contributed by atoms with Crippen LogP contribution in [0.5, 0.6) is 0 Å². The number of hydrogen-bond acceptors (Lipinski definition) is 2. The molecule has 15 heavy (non-hydrogen) atoms. The minimum absolute atomic E-state index is 0.106. The quantitative estimate of drug-likeness (QED) is 0.679. The van der Waals surface area contributed by atoms with Gasteiger partial charge in [-0.3, -0.25) is 9.59 Å². The van der Waals surface area contributed by atoms with Gasteiger partial charge >= 0.3 is 0 Å². The number of nitrogens with zero attached hydrogens (tertiary/aromatic N) is 1. The van der Waals surface area contributed by atoms with E-state index in [0.29, 0.717) is 17.8 Å². The van der Waals surface area contributed by atoms with Gasteiger partial charge in [0.15, 0.2) is 0 Å². The van der Waals surface area contributed by atoms with Crippen LogP contribution >= 0.6 is 0 Å². The van der Waals surface area contributed by atoms with Gasteiger partial charge in [0.1, 0.15) is 5.69 Å². The van der Waals surface area contributed by atoms with Crippen molar-refractivity contribution in [1.82, 2.24) is 15.2 Å². The van der Waals surface area contributed by atoms with Crippen LogP contribution in [0.25, 0.3) is 0 Å². The predicted molar refractivity (Wildman–Crippen MR) is 54.8 cm³/mol. The molecular formula is C10H13N3O2. The second kappa shape index (κ2) is 3.42. The van der Waals surface area contributed by atoms with Crippen LogP contribution in [0.15, 0.2) is 12.3 Å². The number of amides is 2. The minimum Gasteiger partial charge on any atom is -0.355 e. The van der Waals surface area contributed by atoms with Crippen molar-refractivity contribution in [2.45, 2.75) is 19.5 Å². The zero-order valence-electron chi connectivity index (χ0n) is 8.70. The van der Waals surface area contributed by atoms with Crippen molar-refractivity contribution < 1.29 is 9.59 Å². The van der Waals surface area contributed by atoms with Gasteiger partial charge in [0.05, 0.1) is 5.56 Å². The third-order valence-corrected chi connectivity index (χ3v) is 2.50. The number of hydrogen-bond donors (Lipinski definition) is 2. The summed E-state index contributed by atoms with van der Waals surface area (Å²) in [5, 5.41) is 5.32. The van der Waals surface area contributed by atoms with Crippen LogP contribution in [-0.2, 0) is 6.54 Å². The molecule has 5 nitrogen and oxygen atoms in total. The highest BCUT2D eigenvalue weighted by Crippen LogP contribution is 2.15. The van der Waals surface area contributed by atoms with Crippen LogP contribution in [0.2, 0.25) is 0 Å². The highest BCUT2D eigenvalue weighted by atomic mass is 16.2. The van der Waals surface area contributed by atoms with Crippen molar-refractivity contribution in [3.63, 3.8) is 0 Å². The number of rotatable bonds is 1. The number of fused-ring (bicyclic) bond motifs is 1. The molecule has 0 aliphatic carbocycles. The number of carbonyl (C=O) groups is 2. The summed E-state index contributed by atoms with van der Waals surface area (Å²) in [6.07, 6.45) is 1.77. The van der Waals surface area contributed by atoms with Crippen molar-refractivity contribution in [2.75, 3.05) is 7.05 Å². The van der Waals surface area contributed by atoms with Crippen LogP contribution in [0.1, 0.15) is 27.8 Å². The van der Waals surface area contributed by atoms with Gasteiger partial charge in [-0.2, -0.15) is 0 Å². The Balaban J connectivity index is 2.46. The van der Waals surface area contributed by atoms with E-state index in [1.807, 2.05) is 11.5 Å². The number of aromatic nitrogens is 1. The fraction of sp³-hybridized carbons (Fsp3) is 0.400. The molecule has 2 rings (SSSR count). The maximum Gasteiger partial charge on any atom is 0.269 e. The van der Waals surface area contributed by atoms with E-state index in [1.165, 1.54) is 0 Å². The van der Waals surface area contributed by atoms with E-state index in [2.05, 4.69) is 10.6 Å². The highest BCUT2D eigenvalue weighted by Gasteiger charge is 2.26. The summed E-state index contributed by atoms with van der Waals surface area (Å²) in [6, 6.07) is 1.78. The van der Waals surface area contributed by atoms with Crippen LogP contribution in [0, 0.1) is 0 Å². The first kappa shape index (κ1) is 9.76. The first-order valence-corrected chi connectivity index (χ1v) is 4.85. The maximum atomic E-state index is 11.7. The highest BCUT2D eigenvalue weighted by molar-refractivity contribution is 6.06. The molecule has 2 amide bonds. The van der Waals surface area contributed by atoms with Crippen LogP contribution in [-0.4, -0.2) is 29.5 Å². The second-order valence-electron chi connectivity index (χ2n) is 3.68. The molecule has 1 aromatic heterocycles. The lowest BCUT2D eigenvalue weighted by atomic mass is 10.1. The molecule has 0 fully saturated rings. The molecular weight excluding hydrogens is 194 g/mol. The van der Waals surface area contributed by atoms with E-state index in [1.54, 1.807) is 19.3 Å². The van der Waals surface area contributed by atoms with Crippen molar-refractivity contribution >= 4 is 11.8 Å². The van der Waals surface area contributed by atoms with E-state index in [9.17, 15) is 9.59 Å². The van der Waals surface area contributed by atoms with Crippen LogP contribution in [0.3, 0.4) is 0 Å². The fourth-order valence-corrected chi connectivity index (χ4v) is 1.83. The molecule has 2 N–H and O–H groups in total. The second-order valence-corrected chi connectivity index (χ2v) is 3.68. The van der Waals surface area contributed by atoms with E-state index >= 15 is 0 Å². The average Bonchev–Trinajstić information content (AvgIpc) is 2.60. The SMILES string of the molecule is CNC(=O)c1ccn2c1C(=O)NC(C)C2. The largest absolute Gasteiger partial charge is 0.355 e. The van der Waals surface area contributed by atoms with Gasteiger partial charge in [0, 0.05) is 25.8 Å². The summed E-state index contributed by atoms with van der Waals surface area (Å²) < 4.78 is 1.81. The van der Waals surface area contributed by atoms with Crippen LogP contribution in [0.4, 0.5) is 0 Å². The van der Waals surface area contributed by atoms with Gasteiger partial charge in [-0.05, 0) is 13.0 Å². The Bertz CT molecular complexity index is 422. The lowest BCUT2D eigenvalue weighted by Gasteiger charge is -2.23. The van der Waals surface area contributed by atoms with Crippen molar-refractivity contribution in [1.29, 1.82) is 0 Å². The maximum absolute atomic E-state index is 11.7. The smallest absolute Gasteiger partial charge is 0.269 e. The predicted octanol–water partition coefficient (Wildman–Crippen LogP) is -0.0204. The molecule has 0 radical (unpaired) electrons. The van der Waals surface area contributed by atoms with E-state index in [4.69, 9.17) is 0 Å². The minimum atomic E-state index is -0.228. The molecule has 2 heterocycles. The lowest BCUT2D eigenvalue weighted by molar-refractivity contribution is 0.0887. The van der Waals surface area contributed by atoms with E-state index in [-0.39, 0.29) is 17.9 Å². The van der Waals surface area contributed by atoms with Gasteiger partial charge in [-0.1, -0.05) is 0 Å². The monoisotopic (exact) mass is 207 g/mol. The standard InChI is InChI=1S/C10H13N3O2/c1-6-5-13-4-3-7(9(14)11-2)8(13)10(15)12-6/h3-4,6H,5H2,1-2H3,(H,11,14)(H,12,15). The summed E-state index contributed by atoms with van der Waals surface area (Å²) in [6.45, 7) is 2.64. The Morgan fingerprint density at radius 1 is 1.67 bits per heavy atom. The van der Waals surface area contributed by atoms with E-state index in [0.717, 1.165) is 0 Å². The topological polar surface area (TPSA) is 63.1 Å². The first-order valence-electron chi connectivity index (χ1n) is 4.85. The molecule has 0 saturated carbocycles. The Labute approximate surface area is 87.5 Å². The molecule has 80 valence electrons. The third-order valence-electron chi connectivity index (χ3n) is 2.50. The van der Waals surface area contributed by atoms with E-state index < -0.39 is 0 Å². The van der Waals surface area contributed by atoms with Gasteiger partial charge < -0.3 is 15.2 Å².